The van der Waals surface area contributed by atoms with E-state index in [1.54, 1.807) is 0 Å². The smallest absolute Gasteiger partial charge is 0.233 e. The molecule has 2 fully saturated rings. The first-order valence-corrected chi connectivity index (χ1v) is 10.9. The molecular formula is C24H29ClN6O. The number of carbonyl (C=O) groups excluding carboxylic acids is 1. The molecule has 0 radical (unpaired) electrons. The SMILES string of the molecule is Cl.Cn1c(CNc2ccc(C(=N)N)cc2)nc2cc(C3(C(=O)N4CCCC4)CC3)ccc21. The third-order valence-corrected chi connectivity index (χ3v) is 6.73. The molecule has 7 nitrogen and oxygen atoms in total. The molecule has 2 aromatic carbocycles. The average Bonchev–Trinajstić information content (AvgIpc) is 3.28. The fraction of sp³-hybridized carbons (Fsp3) is 0.375. The predicted octanol–water partition coefficient (Wildman–Crippen LogP) is 3.55. The number of hydrogen-bond donors (Lipinski definition) is 3. The Morgan fingerprint density at radius 1 is 1.16 bits per heavy atom. The van der Waals surface area contributed by atoms with Gasteiger partial charge in [0, 0.05) is 31.4 Å². The highest BCUT2D eigenvalue weighted by atomic mass is 35.5. The fourth-order valence-corrected chi connectivity index (χ4v) is 4.63. The molecule has 0 atom stereocenters. The molecule has 8 heteroatoms. The van der Waals surface area contributed by atoms with Crippen molar-refractivity contribution in [1.82, 2.24) is 14.5 Å². The zero-order chi connectivity index (χ0) is 21.6. The summed E-state index contributed by atoms with van der Waals surface area (Å²) in [5.74, 6) is 1.30. The summed E-state index contributed by atoms with van der Waals surface area (Å²) in [5.41, 5.74) is 9.96. The molecule has 32 heavy (non-hydrogen) atoms. The predicted molar refractivity (Wildman–Crippen MR) is 129 cm³/mol. The summed E-state index contributed by atoms with van der Waals surface area (Å²) in [4.78, 5) is 20.0. The number of benzene rings is 2. The van der Waals surface area contributed by atoms with Gasteiger partial charge in [0.2, 0.25) is 5.91 Å². The Balaban J connectivity index is 0.00000245. The van der Waals surface area contributed by atoms with Gasteiger partial charge in [0.25, 0.3) is 0 Å². The monoisotopic (exact) mass is 452 g/mol. The second kappa shape index (κ2) is 8.47. The highest BCUT2D eigenvalue weighted by Crippen LogP contribution is 2.50. The van der Waals surface area contributed by atoms with Gasteiger partial charge in [-0.1, -0.05) is 6.07 Å². The molecule has 3 aromatic rings. The molecule has 1 aliphatic carbocycles. The third-order valence-electron chi connectivity index (χ3n) is 6.73. The lowest BCUT2D eigenvalue weighted by molar-refractivity contribution is -0.132. The van der Waals surface area contributed by atoms with E-state index >= 15 is 0 Å². The Morgan fingerprint density at radius 2 is 1.84 bits per heavy atom. The summed E-state index contributed by atoms with van der Waals surface area (Å²) >= 11 is 0. The Hall–Kier alpha value is -3.06. The van der Waals surface area contributed by atoms with E-state index in [0.29, 0.717) is 18.0 Å². The van der Waals surface area contributed by atoms with Crippen molar-refractivity contribution in [2.24, 2.45) is 12.8 Å². The molecule has 1 aliphatic heterocycles. The van der Waals surface area contributed by atoms with Crippen molar-refractivity contribution in [3.63, 3.8) is 0 Å². The van der Waals surface area contributed by atoms with E-state index in [4.69, 9.17) is 16.1 Å². The number of aromatic nitrogens is 2. The van der Waals surface area contributed by atoms with Crippen molar-refractivity contribution in [3.05, 3.63) is 59.4 Å². The normalized spacial score (nSPS) is 16.6. The number of aryl methyl sites for hydroxylation is 1. The summed E-state index contributed by atoms with van der Waals surface area (Å²) in [6.07, 6.45) is 4.11. The quantitative estimate of drug-likeness (QED) is 0.393. The van der Waals surface area contributed by atoms with Gasteiger partial charge in [-0.15, -0.1) is 12.4 Å². The van der Waals surface area contributed by atoms with Gasteiger partial charge >= 0.3 is 0 Å². The summed E-state index contributed by atoms with van der Waals surface area (Å²) < 4.78 is 2.10. The minimum atomic E-state index is -0.326. The number of amidine groups is 1. The van der Waals surface area contributed by atoms with Gasteiger partial charge in [-0.05, 0) is 67.6 Å². The maximum Gasteiger partial charge on any atom is 0.233 e. The van der Waals surface area contributed by atoms with Gasteiger partial charge < -0.3 is 20.5 Å². The van der Waals surface area contributed by atoms with Crippen LogP contribution in [0.25, 0.3) is 11.0 Å². The lowest BCUT2D eigenvalue weighted by atomic mass is 9.94. The Labute approximate surface area is 193 Å². The third kappa shape index (κ3) is 3.81. The number of imidazole rings is 1. The van der Waals surface area contributed by atoms with Crippen molar-refractivity contribution in [1.29, 1.82) is 5.41 Å². The fourth-order valence-electron chi connectivity index (χ4n) is 4.63. The molecule has 1 amide bonds. The average molecular weight is 453 g/mol. The maximum atomic E-state index is 13.1. The minimum absolute atomic E-state index is 0. The van der Waals surface area contributed by atoms with Crippen LogP contribution in [0.5, 0.6) is 0 Å². The number of nitrogens with one attached hydrogen (secondary N) is 2. The van der Waals surface area contributed by atoms with Gasteiger partial charge in [-0.25, -0.2) is 4.98 Å². The number of nitrogen functional groups attached to an aromatic ring is 1. The molecule has 0 spiro atoms. The van der Waals surface area contributed by atoms with Gasteiger partial charge in [0.1, 0.15) is 11.7 Å². The molecule has 0 unspecified atom stereocenters. The summed E-state index contributed by atoms with van der Waals surface area (Å²) in [6, 6.07) is 13.8. The number of nitrogens with two attached hydrogens (primary N) is 1. The Morgan fingerprint density at radius 3 is 2.47 bits per heavy atom. The van der Waals surface area contributed by atoms with Crippen LogP contribution >= 0.6 is 12.4 Å². The molecule has 0 bridgehead atoms. The summed E-state index contributed by atoms with van der Waals surface area (Å²) in [7, 11) is 2.02. The molecule has 1 saturated carbocycles. The van der Waals surface area contributed by atoms with Crippen LogP contribution in [0.2, 0.25) is 0 Å². The van der Waals surface area contributed by atoms with E-state index < -0.39 is 0 Å². The zero-order valence-corrected chi connectivity index (χ0v) is 19.0. The highest BCUT2D eigenvalue weighted by molar-refractivity contribution is 5.95. The highest BCUT2D eigenvalue weighted by Gasteiger charge is 2.53. The summed E-state index contributed by atoms with van der Waals surface area (Å²) in [6.45, 7) is 2.38. The van der Waals surface area contributed by atoms with Gasteiger partial charge in [0.05, 0.1) is 23.0 Å². The number of anilines is 1. The van der Waals surface area contributed by atoms with E-state index in [9.17, 15) is 4.79 Å². The van der Waals surface area contributed by atoms with Crippen LogP contribution in [0.1, 0.15) is 42.6 Å². The molecule has 1 saturated heterocycles. The first kappa shape index (κ1) is 22.1. The lowest BCUT2D eigenvalue weighted by Crippen LogP contribution is -2.37. The van der Waals surface area contributed by atoms with Gasteiger partial charge in [-0.3, -0.25) is 10.2 Å². The molecule has 2 aliphatic rings. The van der Waals surface area contributed by atoms with Crippen LogP contribution < -0.4 is 11.1 Å². The van der Waals surface area contributed by atoms with Crippen LogP contribution in [-0.4, -0.2) is 39.3 Å². The zero-order valence-electron chi connectivity index (χ0n) is 18.2. The van der Waals surface area contributed by atoms with Crippen LogP contribution in [0, 0.1) is 5.41 Å². The van der Waals surface area contributed by atoms with E-state index in [1.165, 1.54) is 0 Å². The van der Waals surface area contributed by atoms with E-state index in [-0.39, 0.29) is 23.7 Å². The number of amides is 1. The molecular weight excluding hydrogens is 424 g/mol. The van der Waals surface area contributed by atoms with Gasteiger partial charge in [0.15, 0.2) is 0 Å². The van der Waals surface area contributed by atoms with E-state index in [0.717, 1.165) is 66.9 Å². The van der Waals surface area contributed by atoms with Crippen molar-refractivity contribution < 1.29 is 4.79 Å². The largest absolute Gasteiger partial charge is 0.384 e. The topological polar surface area (TPSA) is 100 Å². The number of rotatable bonds is 6. The first-order valence-electron chi connectivity index (χ1n) is 10.9. The molecule has 1 aromatic heterocycles. The van der Waals surface area contributed by atoms with Crippen LogP contribution in [0.4, 0.5) is 5.69 Å². The van der Waals surface area contributed by atoms with E-state index in [1.807, 2.05) is 36.2 Å². The second-order valence-electron chi connectivity index (χ2n) is 8.72. The van der Waals surface area contributed by atoms with Crippen molar-refractivity contribution >= 4 is 40.9 Å². The first-order chi connectivity index (χ1) is 15.0. The number of hydrogen-bond acceptors (Lipinski definition) is 4. The van der Waals surface area contributed by atoms with Crippen LogP contribution in [0.15, 0.2) is 42.5 Å². The molecule has 5 rings (SSSR count). The molecule has 4 N–H and O–H groups in total. The number of likely N-dealkylation sites (tertiary alicyclic amines) is 1. The maximum absolute atomic E-state index is 13.1. The summed E-state index contributed by atoms with van der Waals surface area (Å²) in [5, 5.41) is 10.9. The minimum Gasteiger partial charge on any atom is -0.384 e. The Kier molecular flexibility index (Phi) is 5.86. The van der Waals surface area contributed by atoms with Crippen molar-refractivity contribution in [3.8, 4) is 0 Å². The van der Waals surface area contributed by atoms with Crippen molar-refractivity contribution in [2.45, 2.75) is 37.6 Å². The lowest BCUT2D eigenvalue weighted by Gasteiger charge is -2.23. The van der Waals surface area contributed by atoms with Crippen LogP contribution in [-0.2, 0) is 23.8 Å². The number of carbonyl (C=O) groups is 1. The number of nitrogens with zero attached hydrogens (tertiary/aromatic N) is 3. The van der Waals surface area contributed by atoms with Gasteiger partial charge in [-0.2, -0.15) is 0 Å². The Bertz CT molecular complexity index is 1160. The number of fused-ring (bicyclic) bond motifs is 1. The molecule has 168 valence electrons. The standard InChI is InChI=1S/C24H28N6O.ClH/c1-29-20-9-6-17(24(10-11-24)23(31)30-12-2-3-13-30)14-19(20)28-21(29)15-27-18-7-4-16(5-8-18)22(25)26;/h4-9,14,27H,2-3,10-13,15H2,1H3,(H3,25,26);1H. The number of halogens is 1. The second-order valence-corrected chi connectivity index (χ2v) is 8.72. The van der Waals surface area contributed by atoms with Crippen LogP contribution in [0.3, 0.4) is 0 Å². The van der Waals surface area contributed by atoms with Crippen molar-refractivity contribution in [2.75, 3.05) is 18.4 Å². The molecule has 2 heterocycles. The van der Waals surface area contributed by atoms with E-state index in [2.05, 4.69) is 28.1 Å².